The maximum absolute atomic E-state index is 13.5. The Kier molecular flexibility index (Phi) is 10.7. The molecule has 1 aromatic heterocycles. The number of para-hydroxylation sites is 1. The molecule has 5 rings (SSSR count). The lowest BCUT2D eigenvalue weighted by atomic mass is 10.1. The fraction of sp³-hybridized carbons (Fsp3) is 0.0857. The van der Waals surface area contributed by atoms with Crippen molar-refractivity contribution in [3.05, 3.63) is 146 Å². The van der Waals surface area contributed by atoms with E-state index in [2.05, 4.69) is 16.0 Å². The Bertz CT molecular complexity index is 2020. The first-order valence-corrected chi connectivity index (χ1v) is 16.1. The lowest BCUT2D eigenvalue weighted by Crippen LogP contribution is -2.30. The number of nitrogens with zero attached hydrogens (tertiary/aromatic N) is 2. The van der Waals surface area contributed by atoms with E-state index in [1.54, 1.807) is 91.4 Å². The number of benzene rings is 4. The van der Waals surface area contributed by atoms with Gasteiger partial charge >= 0.3 is 0 Å². The van der Waals surface area contributed by atoms with E-state index in [-0.39, 0.29) is 28.6 Å². The molecule has 3 N–H and O–H groups in total. The Hall–Kier alpha value is -5.03. The lowest BCUT2D eigenvalue weighted by Gasteiger charge is -2.13. The first kappa shape index (κ1) is 33.3. The highest BCUT2D eigenvalue weighted by Crippen LogP contribution is 2.27. The molecular formula is C35H29Cl2N5O4S. The van der Waals surface area contributed by atoms with Gasteiger partial charge in [-0.3, -0.25) is 23.9 Å². The normalized spacial score (nSPS) is 11.2. The van der Waals surface area contributed by atoms with Crippen molar-refractivity contribution in [2.45, 2.75) is 11.8 Å². The number of rotatable bonds is 10. The molecule has 0 radical (unpaired) electrons. The van der Waals surface area contributed by atoms with Crippen LogP contribution in [0.25, 0.3) is 11.8 Å². The molecule has 0 atom stereocenters. The molecule has 0 bridgehead atoms. The van der Waals surface area contributed by atoms with Crippen molar-refractivity contribution in [3.63, 3.8) is 0 Å². The van der Waals surface area contributed by atoms with E-state index in [4.69, 9.17) is 23.2 Å². The molecule has 0 saturated carbocycles. The Labute approximate surface area is 285 Å². The van der Waals surface area contributed by atoms with E-state index in [0.29, 0.717) is 43.1 Å². The summed E-state index contributed by atoms with van der Waals surface area (Å²) in [5, 5.41) is 8.82. The minimum Gasteiger partial charge on any atom is -0.321 e. The van der Waals surface area contributed by atoms with Crippen LogP contribution in [0, 0.1) is 6.92 Å². The van der Waals surface area contributed by atoms with Gasteiger partial charge in [-0.2, -0.15) is 0 Å². The van der Waals surface area contributed by atoms with Crippen molar-refractivity contribution in [2.24, 2.45) is 7.05 Å². The second-order valence-electron chi connectivity index (χ2n) is 10.3. The van der Waals surface area contributed by atoms with Crippen molar-refractivity contribution >= 4 is 70.1 Å². The summed E-state index contributed by atoms with van der Waals surface area (Å²) in [7, 11) is 1.75. The average molecular weight is 687 g/mol. The molecule has 12 heteroatoms. The summed E-state index contributed by atoms with van der Waals surface area (Å²) >= 11 is 13.9. The molecule has 238 valence electrons. The minimum absolute atomic E-state index is 0.0137. The van der Waals surface area contributed by atoms with Gasteiger partial charge in [-0.15, -0.1) is 11.8 Å². The zero-order chi connectivity index (χ0) is 33.5. The van der Waals surface area contributed by atoms with Gasteiger partial charge in [-0.25, -0.2) is 4.68 Å². The number of carbonyl (C=O) groups excluding carboxylic acids is 3. The molecule has 47 heavy (non-hydrogen) atoms. The first-order chi connectivity index (χ1) is 22.6. The molecule has 5 aromatic rings. The van der Waals surface area contributed by atoms with Crippen molar-refractivity contribution in [3.8, 4) is 5.69 Å². The summed E-state index contributed by atoms with van der Waals surface area (Å²) in [6, 6.07) is 29.5. The zero-order valence-electron chi connectivity index (χ0n) is 25.3. The van der Waals surface area contributed by atoms with Crippen LogP contribution in [0.1, 0.15) is 21.6 Å². The van der Waals surface area contributed by atoms with Gasteiger partial charge in [0.25, 0.3) is 17.4 Å². The topological polar surface area (TPSA) is 114 Å². The van der Waals surface area contributed by atoms with Crippen LogP contribution in [0.2, 0.25) is 10.0 Å². The van der Waals surface area contributed by atoms with Gasteiger partial charge in [-0.05, 0) is 67.6 Å². The number of carbonyl (C=O) groups is 3. The minimum atomic E-state index is -0.612. The number of anilines is 2. The SMILES string of the molecule is Cc1c(NC(=O)CSc2cccc(NC(=O)/C(=C\c3c(Cl)cccc3Cl)NC(=O)c3ccccc3)c2)c(=O)n(-c2ccccc2)n1C. The molecule has 0 aliphatic carbocycles. The standard InChI is InChI=1S/C35H29Cl2N5O4S/c1-22-32(35(46)42(41(22)2)25-14-7-4-8-15-25)40-31(43)21-47-26-16-9-13-24(19-26)38-34(45)30(20-27-28(36)17-10-18-29(27)37)39-33(44)23-11-5-3-6-12-23/h3-20H,21H2,1-2H3,(H,38,45)(H,39,44)(H,40,43)/b30-20+. The van der Waals surface area contributed by atoms with E-state index in [1.807, 2.05) is 30.3 Å². The molecule has 0 fully saturated rings. The number of hydrogen-bond acceptors (Lipinski definition) is 5. The van der Waals surface area contributed by atoms with Gasteiger partial charge in [0, 0.05) is 38.8 Å². The molecule has 1 heterocycles. The van der Waals surface area contributed by atoms with E-state index < -0.39 is 11.8 Å². The van der Waals surface area contributed by atoms with Gasteiger partial charge in [-0.1, -0.05) is 71.7 Å². The van der Waals surface area contributed by atoms with E-state index in [9.17, 15) is 19.2 Å². The van der Waals surface area contributed by atoms with Crippen LogP contribution >= 0.6 is 35.0 Å². The van der Waals surface area contributed by atoms with Crippen molar-refractivity contribution in [2.75, 3.05) is 16.4 Å². The van der Waals surface area contributed by atoms with Crippen molar-refractivity contribution < 1.29 is 14.4 Å². The highest BCUT2D eigenvalue weighted by molar-refractivity contribution is 8.00. The predicted molar refractivity (Wildman–Crippen MR) is 189 cm³/mol. The van der Waals surface area contributed by atoms with E-state index >= 15 is 0 Å². The summed E-state index contributed by atoms with van der Waals surface area (Å²) < 4.78 is 3.19. The summed E-state index contributed by atoms with van der Waals surface area (Å²) in [5.41, 5.74) is 2.25. The molecule has 0 spiro atoms. The molecule has 3 amide bonds. The van der Waals surface area contributed by atoms with Crippen LogP contribution in [-0.4, -0.2) is 32.8 Å². The van der Waals surface area contributed by atoms with Gasteiger partial charge < -0.3 is 16.0 Å². The monoisotopic (exact) mass is 685 g/mol. The molecule has 9 nitrogen and oxygen atoms in total. The average Bonchev–Trinajstić information content (AvgIpc) is 3.28. The fourth-order valence-electron chi connectivity index (χ4n) is 4.63. The molecule has 0 unspecified atom stereocenters. The number of aromatic nitrogens is 2. The molecule has 0 aliphatic rings. The Morgan fingerprint density at radius 2 is 1.47 bits per heavy atom. The highest BCUT2D eigenvalue weighted by atomic mass is 35.5. The Balaban J connectivity index is 1.29. The quantitative estimate of drug-likeness (QED) is 0.109. The van der Waals surface area contributed by atoms with Gasteiger partial charge in [0.05, 0.1) is 17.1 Å². The third-order valence-corrected chi connectivity index (χ3v) is 8.75. The van der Waals surface area contributed by atoms with Crippen molar-refractivity contribution in [1.82, 2.24) is 14.7 Å². The number of amides is 3. The Morgan fingerprint density at radius 1 is 0.830 bits per heavy atom. The second-order valence-corrected chi connectivity index (χ2v) is 12.1. The summed E-state index contributed by atoms with van der Waals surface area (Å²) in [6.45, 7) is 1.76. The summed E-state index contributed by atoms with van der Waals surface area (Å²) in [4.78, 5) is 53.2. The maximum Gasteiger partial charge on any atom is 0.295 e. The number of hydrogen-bond donors (Lipinski definition) is 3. The molecule has 0 saturated heterocycles. The summed E-state index contributed by atoms with van der Waals surface area (Å²) in [6.07, 6.45) is 1.42. The van der Waals surface area contributed by atoms with Gasteiger partial charge in [0.15, 0.2) is 0 Å². The van der Waals surface area contributed by atoms with Crippen LogP contribution in [-0.2, 0) is 16.6 Å². The smallest absolute Gasteiger partial charge is 0.295 e. The maximum atomic E-state index is 13.5. The van der Waals surface area contributed by atoms with Crippen LogP contribution in [0.5, 0.6) is 0 Å². The van der Waals surface area contributed by atoms with Crippen LogP contribution in [0.3, 0.4) is 0 Å². The first-order valence-electron chi connectivity index (χ1n) is 14.3. The summed E-state index contributed by atoms with van der Waals surface area (Å²) in [5.74, 6) is -1.45. The number of halogens is 2. The number of nitrogens with one attached hydrogen (secondary N) is 3. The second kappa shape index (κ2) is 15.0. The van der Waals surface area contributed by atoms with Gasteiger partial charge in [0.2, 0.25) is 5.91 Å². The lowest BCUT2D eigenvalue weighted by molar-refractivity contribution is -0.114. The van der Waals surface area contributed by atoms with Crippen LogP contribution in [0.15, 0.2) is 119 Å². The highest BCUT2D eigenvalue weighted by Gasteiger charge is 2.19. The van der Waals surface area contributed by atoms with Crippen LogP contribution < -0.4 is 21.5 Å². The van der Waals surface area contributed by atoms with E-state index in [1.165, 1.54) is 22.5 Å². The zero-order valence-corrected chi connectivity index (χ0v) is 27.6. The Morgan fingerprint density at radius 3 is 2.15 bits per heavy atom. The van der Waals surface area contributed by atoms with Crippen LogP contribution in [0.4, 0.5) is 11.4 Å². The molecule has 4 aromatic carbocycles. The predicted octanol–water partition coefficient (Wildman–Crippen LogP) is 6.93. The molecular weight excluding hydrogens is 657 g/mol. The van der Waals surface area contributed by atoms with Gasteiger partial charge in [0.1, 0.15) is 11.4 Å². The third-order valence-electron chi connectivity index (χ3n) is 7.10. The van der Waals surface area contributed by atoms with E-state index in [0.717, 1.165) is 0 Å². The fourth-order valence-corrected chi connectivity index (χ4v) is 5.90. The largest absolute Gasteiger partial charge is 0.321 e. The molecule has 0 aliphatic heterocycles. The third kappa shape index (κ3) is 8.04. The van der Waals surface area contributed by atoms with Crippen molar-refractivity contribution in [1.29, 1.82) is 0 Å². The number of thioether (sulfide) groups is 1.